The third-order valence-electron chi connectivity index (χ3n) is 2.24. The molecule has 0 radical (unpaired) electrons. The average Bonchev–Trinajstić information content (AvgIpc) is 2.74. The fourth-order valence-electron chi connectivity index (χ4n) is 1.46. The summed E-state index contributed by atoms with van der Waals surface area (Å²) in [5, 5.41) is 13.0. The number of nitrogens with zero attached hydrogens (tertiary/aromatic N) is 3. The number of hydrogen-bond donors (Lipinski definition) is 0. The fourth-order valence-corrected chi connectivity index (χ4v) is 1.59. The fraction of sp³-hybridized carbons (Fsp3) is 0.0909. The normalized spacial score (nSPS) is 11.3. The largest absolute Gasteiger partial charge is 0.417 e. The highest BCUT2D eigenvalue weighted by molar-refractivity contribution is 6.30. The van der Waals surface area contributed by atoms with Crippen LogP contribution in [0.5, 0.6) is 0 Å². The van der Waals surface area contributed by atoms with E-state index in [9.17, 15) is 13.2 Å². The summed E-state index contributed by atoms with van der Waals surface area (Å²) >= 11 is 5.66. The van der Waals surface area contributed by atoms with Gasteiger partial charge in [-0.25, -0.2) is 4.68 Å². The lowest BCUT2D eigenvalue weighted by Crippen LogP contribution is -2.08. The number of nitriles is 1. The standard InChI is InChI=1S/C11H5ClF3N3/c12-8-5-17-18(6-8)9-1-2-10(11(13,14)15)7(3-9)4-16/h1-3,5-6H. The van der Waals surface area contributed by atoms with E-state index in [1.807, 2.05) is 0 Å². The van der Waals surface area contributed by atoms with E-state index in [-0.39, 0.29) is 0 Å². The molecule has 0 aliphatic rings. The average molecular weight is 272 g/mol. The third kappa shape index (κ3) is 2.31. The molecule has 3 nitrogen and oxygen atoms in total. The van der Waals surface area contributed by atoms with Gasteiger partial charge in [-0.3, -0.25) is 0 Å². The summed E-state index contributed by atoms with van der Waals surface area (Å²) in [6.07, 6.45) is -1.76. The molecule has 0 fully saturated rings. The molecule has 0 spiro atoms. The number of rotatable bonds is 1. The monoisotopic (exact) mass is 271 g/mol. The molecule has 1 heterocycles. The van der Waals surface area contributed by atoms with Crippen molar-refractivity contribution in [3.8, 4) is 11.8 Å². The van der Waals surface area contributed by atoms with Crippen LogP contribution in [0.1, 0.15) is 11.1 Å². The zero-order valence-corrected chi connectivity index (χ0v) is 9.50. The van der Waals surface area contributed by atoms with E-state index in [1.165, 1.54) is 29.2 Å². The van der Waals surface area contributed by atoms with Crippen LogP contribution in [0.25, 0.3) is 5.69 Å². The van der Waals surface area contributed by atoms with Gasteiger partial charge in [0.15, 0.2) is 0 Å². The SMILES string of the molecule is N#Cc1cc(-n2cc(Cl)cn2)ccc1C(F)(F)F. The molecule has 2 aromatic rings. The predicted octanol–water partition coefficient (Wildman–Crippen LogP) is 3.42. The van der Waals surface area contributed by atoms with Crippen molar-refractivity contribution in [1.82, 2.24) is 9.78 Å². The molecular formula is C11H5ClF3N3. The van der Waals surface area contributed by atoms with E-state index in [0.29, 0.717) is 10.7 Å². The summed E-state index contributed by atoms with van der Waals surface area (Å²) in [6, 6.07) is 4.72. The molecule has 18 heavy (non-hydrogen) atoms. The molecule has 0 unspecified atom stereocenters. The van der Waals surface area contributed by atoms with Crippen LogP contribution in [0.15, 0.2) is 30.6 Å². The van der Waals surface area contributed by atoms with Gasteiger partial charge in [0.05, 0.1) is 34.1 Å². The third-order valence-corrected chi connectivity index (χ3v) is 2.44. The van der Waals surface area contributed by atoms with Crippen LogP contribution >= 0.6 is 11.6 Å². The molecule has 0 saturated heterocycles. The Hall–Kier alpha value is -2.00. The summed E-state index contributed by atoms with van der Waals surface area (Å²) in [5.41, 5.74) is -1.08. The van der Waals surface area contributed by atoms with E-state index < -0.39 is 17.3 Å². The van der Waals surface area contributed by atoms with Crippen molar-refractivity contribution in [1.29, 1.82) is 5.26 Å². The van der Waals surface area contributed by atoms with Crippen molar-refractivity contribution >= 4 is 11.6 Å². The topological polar surface area (TPSA) is 41.6 Å². The first kappa shape index (κ1) is 12.5. The molecule has 1 aromatic carbocycles. The van der Waals surface area contributed by atoms with Gasteiger partial charge in [0.2, 0.25) is 0 Å². The maximum Gasteiger partial charge on any atom is 0.417 e. The zero-order chi connectivity index (χ0) is 13.3. The number of benzene rings is 1. The van der Waals surface area contributed by atoms with E-state index >= 15 is 0 Å². The van der Waals surface area contributed by atoms with Crippen molar-refractivity contribution in [2.24, 2.45) is 0 Å². The molecule has 0 amide bonds. The van der Waals surface area contributed by atoms with Crippen molar-refractivity contribution in [3.63, 3.8) is 0 Å². The van der Waals surface area contributed by atoms with E-state index in [2.05, 4.69) is 5.10 Å². The Labute approximate surface area is 105 Å². The van der Waals surface area contributed by atoms with Gasteiger partial charge >= 0.3 is 6.18 Å². The second-order valence-corrected chi connectivity index (χ2v) is 3.88. The highest BCUT2D eigenvalue weighted by Crippen LogP contribution is 2.32. The molecule has 92 valence electrons. The Morgan fingerprint density at radius 2 is 2.06 bits per heavy atom. The minimum absolute atomic E-state index is 0.339. The maximum absolute atomic E-state index is 12.6. The van der Waals surface area contributed by atoms with E-state index in [4.69, 9.17) is 16.9 Å². The van der Waals surface area contributed by atoms with Gasteiger partial charge in [0, 0.05) is 6.20 Å². The van der Waals surface area contributed by atoms with Crippen molar-refractivity contribution in [3.05, 3.63) is 46.7 Å². The summed E-state index contributed by atoms with van der Waals surface area (Å²) in [6.45, 7) is 0. The number of aromatic nitrogens is 2. The van der Waals surface area contributed by atoms with Gasteiger partial charge in [-0.15, -0.1) is 0 Å². The molecule has 7 heteroatoms. The van der Waals surface area contributed by atoms with E-state index in [0.717, 1.165) is 12.1 Å². The molecule has 0 atom stereocenters. The van der Waals surface area contributed by atoms with Crippen LogP contribution in [-0.4, -0.2) is 9.78 Å². The Kier molecular flexibility index (Phi) is 3.01. The van der Waals surface area contributed by atoms with E-state index in [1.54, 1.807) is 0 Å². The lowest BCUT2D eigenvalue weighted by Gasteiger charge is -2.10. The van der Waals surface area contributed by atoms with Crippen LogP contribution in [0.2, 0.25) is 5.02 Å². The second-order valence-electron chi connectivity index (χ2n) is 3.44. The van der Waals surface area contributed by atoms with Gasteiger partial charge in [-0.05, 0) is 18.2 Å². The van der Waals surface area contributed by atoms with Crippen LogP contribution in [0.3, 0.4) is 0 Å². The van der Waals surface area contributed by atoms with Crippen LogP contribution in [0.4, 0.5) is 13.2 Å². The lowest BCUT2D eigenvalue weighted by molar-refractivity contribution is -0.137. The number of hydrogen-bond acceptors (Lipinski definition) is 2. The molecule has 0 N–H and O–H groups in total. The highest BCUT2D eigenvalue weighted by atomic mass is 35.5. The van der Waals surface area contributed by atoms with Crippen LogP contribution < -0.4 is 0 Å². The number of alkyl halides is 3. The summed E-state index contributed by atoms with van der Waals surface area (Å²) in [7, 11) is 0. The van der Waals surface area contributed by atoms with Gasteiger partial charge in [0.1, 0.15) is 0 Å². The Morgan fingerprint density at radius 3 is 2.56 bits per heavy atom. The molecule has 2 rings (SSSR count). The predicted molar refractivity (Wildman–Crippen MR) is 58.3 cm³/mol. The van der Waals surface area contributed by atoms with Crippen molar-refractivity contribution < 1.29 is 13.2 Å². The quantitative estimate of drug-likeness (QED) is 0.797. The van der Waals surface area contributed by atoms with Gasteiger partial charge in [-0.2, -0.15) is 23.5 Å². The minimum atomic E-state index is -4.55. The lowest BCUT2D eigenvalue weighted by atomic mass is 10.1. The second kappa shape index (κ2) is 4.35. The van der Waals surface area contributed by atoms with Gasteiger partial charge < -0.3 is 0 Å². The Morgan fingerprint density at radius 1 is 1.33 bits per heavy atom. The number of halogens is 4. The summed E-state index contributed by atoms with van der Waals surface area (Å²) < 4.78 is 39.0. The maximum atomic E-state index is 12.6. The highest BCUT2D eigenvalue weighted by Gasteiger charge is 2.33. The van der Waals surface area contributed by atoms with Gasteiger partial charge in [-0.1, -0.05) is 11.6 Å². The zero-order valence-electron chi connectivity index (χ0n) is 8.74. The molecule has 0 bridgehead atoms. The molecule has 0 aliphatic heterocycles. The first-order chi connectivity index (χ1) is 8.41. The van der Waals surface area contributed by atoms with Crippen LogP contribution in [-0.2, 0) is 6.18 Å². The van der Waals surface area contributed by atoms with Crippen LogP contribution in [0, 0.1) is 11.3 Å². The molecular weight excluding hydrogens is 267 g/mol. The van der Waals surface area contributed by atoms with Crippen molar-refractivity contribution in [2.75, 3.05) is 0 Å². The Balaban J connectivity index is 2.53. The first-order valence-corrected chi connectivity index (χ1v) is 5.11. The summed E-state index contributed by atoms with van der Waals surface area (Å²) in [4.78, 5) is 0. The smallest absolute Gasteiger partial charge is 0.239 e. The minimum Gasteiger partial charge on any atom is -0.239 e. The molecule has 1 aromatic heterocycles. The van der Waals surface area contributed by atoms with Crippen molar-refractivity contribution in [2.45, 2.75) is 6.18 Å². The first-order valence-electron chi connectivity index (χ1n) is 4.73. The molecule has 0 aliphatic carbocycles. The molecule has 0 saturated carbocycles. The van der Waals surface area contributed by atoms with Gasteiger partial charge in [0.25, 0.3) is 0 Å². The summed E-state index contributed by atoms with van der Waals surface area (Å²) in [5.74, 6) is 0. The Bertz CT molecular complexity index is 625.